The summed E-state index contributed by atoms with van der Waals surface area (Å²) in [5.74, 6) is 0. The first kappa shape index (κ1) is 10.2. The minimum Gasteiger partial charge on any atom is -0.270 e. The Bertz CT molecular complexity index is 460. The third kappa shape index (κ3) is 2.05. The summed E-state index contributed by atoms with van der Waals surface area (Å²) < 4.78 is 1.93. The smallest absolute Gasteiger partial charge is 0.0568 e. The van der Waals surface area contributed by atoms with E-state index in [4.69, 9.17) is 11.6 Å². The standard InChI is InChI=1S/C12H13ClN2/c1-9(2)15-8-10(7-14-15)11-5-3-4-6-12(11)13/h3-9H,1-2H3. The van der Waals surface area contributed by atoms with Crippen molar-refractivity contribution in [3.8, 4) is 11.1 Å². The molecule has 0 aliphatic carbocycles. The Balaban J connectivity index is 2.42. The van der Waals surface area contributed by atoms with E-state index >= 15 is 0 Å². The molecule has 1 heterocycles. The summed E-state index contributed by atoms with van der Waals surface area (Å²) in [6.45, 7) is 4.20. The van der Waals surface area contributed by atoms with Gasteiger partial charge in [-0.25, -0.2) is 0 Å². The SMILES string of the molecule is CC(C)n1cc(-c2ccccc2Cl)cn1. The van der Waals surface area contributed by atoms with Gasteiger partial charge >= 0.3 is 0 Å². The Morgan fingerprint density at radius 3 is 2.60 bits per heavy atom. The Morgan fingerprint density at radius 1 is 1.27 bits per heavy atom. The van der Waals surface area contributed by atoms with Gasteiger partial charge in [0.25, 0.3) is 0 Å². The highest BCUT2D eigenvalue weighted by Gasteiger charge is 2.06. The fourth-order valence-corrected chi connectivity index (χ4v) is 1.70. The Morgan fingerprint density at radius 2 is 2.00 bits per heavy atom. The van der Waals surface area contributed by atoms with E-state index in [1.54, 1.807) is 0 Å². The van der Waals surface area contributed by atoms with E-state index in [-0.39, 0.29) is 0 Å². The molecule has 0 saturated heterocycles. The van der Waals surface area contributed by atoms with Crippen molar-refractivity contribution in [3.63, 3.8) is 0 Å². The fraction of sp³-hybridized carbons (Fsp3) is 0.250. The molecule has 0 saturated carbocycles. The lowest BCUT2D eigenvalue weighted by Gasteiger charge is -2.03. The van der Waals surface area contributed by atoms with Crippen LogP contribution in [-0.4, -0.2) is 9.78 Å². The molecule has 0 fully saturated rings. The number of nitrogens with zero attached hydrogens (tertiary/aromatic N) is 2. The number of hydrogen-bond donors (Lipinski definition) is 0. The molecule has 15 heavy (non-hydrogen) atoms. The second-order valence-corrected chi connectivity index (χ2v) is 4.19. The molecule has 0 amide bonds. The topological polar surface area (TPSA) is 17.8 Å². The van der Waals surface area contributed by atoms with Crippen LogP contribution >= 0.6 is 11.6 Å². The van der Waals surface area contributed by atoms with Gasteiger partial charge in [-0.3, -0.25) is 4.68 Å². The number of rotatable bonds is 2. The lowest BCUT2D eigenvalue weighted by molar-refractivity contribution is 0.532. The number of benzene rings is 1. The molecule has 2 nitrogen and oxygen atoms in total. The first-order valence-corrected chi connectivity index (χ1v) is 5.35. The lowest BCUT2D eigenvalue weighted by Crippen LogP contribution is -1.99. The predicted octanol–water partition coefficient (Wildman–Crippen LogP) is 3.78. The van der Waals surface area contributed by atoms with Crippen LogP contribution in [0.25, 0.3) is 11.1 Å². The predicted molar refractivity (Wildman–Crippen MR) is 63.1 cm³/mol. The summed E-state index contributed by atoms with van der Waals surface area (Å²) in [6.07, 6.45) is 3.87. The van der Waals surface area contributed by atoms with Crippen LogP contribution in [0.4, 0.5) is 0 Å². The van der Waals surface area contributed by atoms with Gasteiger partial charge in [0.05, 0.1) is 6.20 Å². The van der Waals surface area contributed by atoms with Crippen LogP contribution < -0.4 is 0 Å². The highest BCUT2D eigenvalue weighted by Crippen LogP contribution is 2.27. The molecule has 0 unspecified atom stereocenters. The normalized spacial score (nSPS) is 10.9. The number of halogens is 1. The van der Waals surface area contributed by atoms with Gasteiger partial charge in [-0.1, -0.05) is 29.8 Å². The zero-order valence-corrected chi connectivity index (χ0v) is 9.57. The summed E-state index contributed by atoms with van der Waals surface area (Å²) in [6, 6.07) is 8.18. The molecule has 0 aliphatic rings. The maximum absolute atomic E-state index is 6.11. The zero-order chi connectivity index (χ0) is 10.8. The molecule has 78 valence electrons. The van der Waals surface area contributed by atoms with Crippen molar-refractivity contribution < 1.29 is 0 Å². The summed E-state index contributed by atoms with van der Waals surface area (Å²) in [5.41, 5.74) is 2.10. The Kier molecular flexibility index (Phi) is 2.78. The molecular formula is C12H13ClN2. The second-order valence-electron chi connectivity index (χ2n) is 3.78. The first-order valence-electron chi connectivity index (χ1n) is 4.97. The van der Waals surface area contributed by atoms with Crippen LogP contribution in [0.3, 0.4) is 0 Å². The van der Waals surface area contributed by atoms with Crippen molar-refractivity contribution in [2.24, 2.45) is 0 Å². The van der Waals surface area contributed by atoms with Gasteiger partial charge in [0, 0.05) is 28.4 Å². The first-order chi connectivity index (χ1) is 7.18. The average molecular weight is 221 g/mol. The summed E-state index contributed by atoms with van der Waals surface area (Å²) in [5, 5.41) is 5.06. The van der Waals surface area contributed by atoms with Crippen LogP contribution in [0.1, 0.15) is 19.9 Å². The largest absolute Gasteiger partial charge is 0.270 e. The fourth-order valence-electron chi connectivity index (χ4n) is 1.45. The van der Waals surface area contributed by atoms with Crippen molar-refractivity contribution in [1.29, 1.82) is 0 Å². The quantitative estimate of drug-likeness (QED) is 0.753. The molecule has 2 rings (SSSR count). The van der Waals surface area contributed by atoms with Crippen molar-refractivity contribution in [2.75, 3.05) is 0 Å². The van der Waals surface area contributed by atoms with Gasteiger partial charge in [0.1, 0.15) is 0 Å². The van der Waals surface area contributed by atoms with Gasteiger partial charge in [-0.2, -0.15) is 5.10 Å². The van der Waals surface area contributed by atoms with Gasteiger partial charge in [0.2, 0.25) is 0 Å². The number of aromatic nitrogens is 2. The lowest BCUT2D eigenvalue weighted by atomic mass is 10.1. The minimum atomic E-state index is 0.376. The average Bonchev–Trinajstić information content (AvgIpc) is 2.67. The second kappa shape index (κ2) is 4.07. The van der Waals surface area contributed by atoms with Gasteiger partial charge in [-0.05, 0) is 19.9 Å². The molecule has 0 radical (unpaired) electrons. The molecular weight excluding hydrogens is 208 g/mol. The zero-order valence-electron chi connectivity index (χ0n) is 8.81. The highest BCUT2D eigenvalue weighted by atomic mass is 35.5. The van der Waals surface area contributed by atoms with Crippen LogP contribution in [-0.2, 0) is 0 Å². The monoisotopic (exact) mass is 220 g/mol. The van der Waals surface area contributed by atoms with E-state index < -0.39 is 0 Å². The summed E-state index contributed by atoms with van der Waals surface area (Å²) in [7, 11) is 0. The third-order valence-corrected chi connectivity index (χ3v) is 2.65. The molecule has 0 aliphatic heterocycles. The van der Waals surface area contributed by atoms with Crippen LogP contribution in [0.15, 0.2) is 36.7 Å². The highest BCUT2D eigenvalue weighted by molar-refractivity contribution is 6.33. The van der Waals surface area contributed by atoms with E-state index in [0.717, 1.165) is 16.1 Å². The van der Waals surface area contributed by atoms with Crippen LogP contribution in [0, 0.1) is 0 Å². The minimum absolute atomic E-state index is 0.376. The molecule has 0 N–H and O–H groups in total. The van der Waals surface area contributed by atoms with E-state index in [0.29, 0.717) is 6.04 Å². The molecule has 2 aromatic rings. The maximum Gasteiger partial charge on any atom is 0.0568 e. The molecule has 1 aromatic heterocycles. The van der Waals surface area contributed by atoms with Gasteiger partial charge in [-0.15, -0.1) is 0 Å². The van der Waals surface area contributed by atoms with Crippen LogP contribution in [0.5, 0.6) is 0 Å². The molecule has 1 aromatic carbocycles. The van der Waals surface area contributed by atoms with Gasteiger partial charge in [0.15, 0.2) is 0 Å². The number of hydrogen-bond acceptors (Lipinski definition) is 1. The molecule has 3 heteroatoms. The van der Waals surface area contributed by atoms with E-state index in [1.807, 2.05) is 41.3 Å². The van der Waals surface area contributed by atoms with Gasteiger partial charge < -0.3 is 0 Å². The summed E-state index contributed by atoms with van der Waals surface area (Å²) in [4.78, 5) is 0. The third-order valence-electron chi connectivity index (χ3n) is 2.32. The van der Waals surface area contributed by atoms with E-state index in [9.17, 15) is 0 Å². The van der Waals surface area contributed by atoms with Crippen molar-refractivity contribution >= 4 is 11.6 Å². The molecule has 0 atom stereocenters. The maximum atomic E-state index is 6.11. The van der Waals surface area contributed by atoms with Crippen molar-refractivity contribution in [3.05, 3.63) is 41.7 Å². The summed E-state index contributed by atoms with van der Waals surface area (Å²) >= 11 is 6.11. The Labute approximate surface area is 94.5 Å². The molecule has 0 spiro atoms. The van der Waals surface area contributed by atoms with E-state index in [2.05, 4.69) is 18.9 Å². The van der Waals surface area contributed by atoms with Crippen molar-refractivity contribution in [2.45, 2.75) is 19.9 Å². The van der Waals surface area contributed by atoms with Crippen molar-refractivity contribution in [1.82, 2.24) is 9.78 Å². The molecule has 0 bridgehead atoms. The Hall–Kier alpha value is -1.28. The van der Waals surface area contributed by atoms with Crippen LogP contribution in [0.2, 0.25) is 5.02 Å². The van der Waals surface area contributed by atoms with E-state index in [1.165, 1.54) is 0 Å².